The molecular formula is C35H43N3O5S. The standard InChI is InChI=1S/C35H43N3O5S/c1-5-19-36(20-6-2)32(40)29-28-17-18-35(44-28)30(29)33(41)38(26(23-39)22-24-11-9-8-10-12-24)31(35)34(42)37(21-7-3)25-13-15-27(43-4)16-14-25/h5,7-16,26,28-31,39H,1,3,6,17-23H2,2,4H3/t26-,28-,29+,30+,31?,35?/m1/s1. The van der Waals surface area contributed by atoms with Crippen molar-refractivity contribution in [2.24, 2.45) is 11.8 Å². The van der Waals surface area contributed by atoms with E-state index < -0.39 is 28.7 Å². The van der Waals surface area contributed by atoms with Gasteiger partial charge in [0.25, 0.3) is 5.91 Å². The highest BCUT2D eigenvalue weighted by Gasteiger charge is 2.74. The van der Waals surface area contributed by atoms with E-state index in [0.717, 1.165) is 18.4 Å². The van der Waals surface area contributed by atoms with Crippen molar-refractivity contribution in [2.75, 3.05) is 38.3 Å². The molecule has 3 saturated heterocycles. The molecular weight excluding hydrogens is 574 g/mol. The molecule has 2 bridgehead atoms. The number of benzene rings is 2. The van der Waals surface area contributed by atoms with Gasteiger partial charge in [-0.2, -0.15) is 0 Å². The van der Waals surface area contributed by atoms with Gasteiger partial charge in [0.2, 0.25) is 11.8 Å². The Morgan fingerprint density at radius 3 is 2.43 bits per heavy atom. The molecule has 0 saturated carbocycles. The van der Waals surface area contributed by atoms with Gasteiger partial charge in [0.15, 0.2) is 0 Å². The van der Waals surface area contributed by atoms with Gasteiger partial charge in [-0.3, -0.25) is 14.4 Å². The number of carbonyl (C=O) groups is 3. The summed E-state index contributed by atoms with van der Waals surface area (Å²) in [6.45, 7) is 10.7. The van der Waals surface area contributed by atoms with E-state index >= 15 is 0 Å². The number of hydrogen-bond donors (Lipinski definition) is 1. The van der Waals surface area contributed by atoms with Crippen LogP contribution in [-0.2, 0) is 20.8 Å². The number of ether oxygens (including phenoxy) is 1. The van der Waals surface area contributed by atoms with Crippen molar-refractivity contribution in [3.05, 3.63) is 85.5 Å². The van der Waals surface area contributed by atoms with Crippen LogP contribution in [0.5, 0.6) is 5.75 Å². The zero-order chi connectivity index (χ0) is 31.4. The third-order valence-corrected chi connectivity index (χ3v) is 11.2. The van der Waals surface area contributed by atoms with Gasteiger partial charge >= 0.3 is 0 Å². The Labute approximate surface area is 264 Å². The molecule has 2 aromatic rings. The number of thioether (sulfide) groups is 1. The second-order valence-corrected chi connectivity index (χ2v) is 13.4. The Hall–Kier alpha value is -3.56. The molecule has 9 heteroatoms. The minimum absolute atomic E-state index is 0.0427. The molecule has 5 rings (SSSR count). The van der Waals surface area contributed by atoms with Crippen molar-refractivity contribution < 1.29 is 24.2 Å². The van der Waals surface area contributed by atoms with Gasteiger partial charge in [0.05, 0.1) is 36.3 Å². The molecule has 234 valence electrons. The van der Waals surface area contributed by atoms with Gasteiger partial charge in [0.1, 0.15) is 11.8 Å². The first-order chi connectivity index (χ1) is 21.3. The van der Waals surface area contributed by atoms with Crippen molar-refractivity contribution in [2.45, 2.75) is 54.7 Å². The molecule has 0 aromatic heterocycles. The molecule has 1 N–H and O–H groups in total. The maximum absolute atomic E-state index is 14.9. The fraction of sp³-hybridized carbons (Fsp3) is 0.457. The lowest BCUT2D eigenvalue weighted by molar-refractivity contribution is -0.145. The Kier molecular flexibility index (Phi) is 9.85. The topological polar surface area (TPSA) is 90.4 Å². The number of aliphatic hydroxyl groups is 1. The number of methoxy groups -OCH3 is 1. The number of anilines is 1. The van der Waals surface area contributed by atoms with Crippen LogP contribution in [0, 0.1) is 11.8 Å². The Morgan fingerprint density at radius 1 is 1.11 bits per heavy atom. The summed E-state index contributed by atoms with van der Waals surface area (Å²) in [7, 11) is 1.59. The first kappa shape index (κ1) is 31.9. The van der Waals surface area contributed by atoms with E-state index in [1.165, 1.54) is 0 Å². The van der Waals surface area contributed by atoms with Crippen molar-refractivity contribution >= 4 is 35.2 Å². The van der Waals surface area contributed by atoms with Gasteiger partial charge in [-0.1, -0.05) is 49.4 Å². The predicted octanol–water partition coefficient (Wildman–Crippen LogP) is 4.33. The first-order valence-corrected chi connectivity index (χ1v) is 16.3. The van der Waals surface area contributed by atoms with Crippen LogP contribution in [0.25, 0.3) is 0 Å². The normalized spacial score (nSPS) is 25.8. The number of nitrogens with zero attached hydrogens (tertiary/aromatic N) is 3. The van der Waals surface area contributed by atoms with Crippen molar-refractivity contribution in [3.63, 3.8) is 0 Å². The fourth-order valence-corrected chi connectivity index (χ4v) is 9.66. The Balaban J connectivity index is 1.60. The van der Waals surface area contributed by atoms with E-state index in [4.69, 9.17) is 4.74 Å². The van der Waals surface area contributed by atoms with Gasteiger partial charge in [-0.25, -0.2) is 0 Å². The highest BCUT2D eigenvalue weighted by Crippen LogP contribution is 2.67. The minimum atomic E-state index is -0.852. The maximum atomic E-state index is 14.9. The SMILES string of the molecule is C=CCN(CCC)C(=O)[C@@H]1[C@H]2C(=O)N([C@@H](CO)Cc3ccccc3)C(C(=O)N(CC=C)c3ccc(OC)cc3)C23CC[C@H]1S3. The quantitative estimate of drug-likeness (QED) is 0.318. The van der Waals surface area contributed by atoms with Gasteiger partial charge < -0.3 is 24.5 Å². The summed E-state index contributed by atoms with van der Waals surface area (Å²) in [6, 6.07) is 15.5. The lowest BCUT2D eigenvalue weighted by atomic mass is 9.70. The highest BCUT2D eigenvalue weighted by molar-refractivity contribution is 8.02. The number of hydrogen-bond acceptors (Lipinski definition) is 6. The van der Waals surface area contributed by atoms with Crippen molar-refractivity contribution in [1.82, 2.24) is 9.80 Å². The molecule has 0 aliphatic carbocycles. The summed E-state index contributed by atoms with van der Waals surface area (Å²) in [6.07, 6.45) is 5.99. The van der Waals surface area contributed by atoms with E-state index in [9.17, 15) is 19.5 Å². The Bertz CT molecular complexity index is 1370. The van der Waals surface area contributed by atoms with Crippen LogP contribution in [0.3, 0.4) is 0 Å². The Morgan fingerprint density at radius 2 is 1.82 bits per heavy atom. The molecule has 3 amide bonds. The molecule has 3 aliphatic rings. The second-order valence-electron chi connectivity index (χ2n) is 11.8. The molecule has 8 nitrogen and oxygen atoms in total. The van der Waals surface area contributed by atoms with Gasteiger partial charge in [-0.15, -0.1) is 24.9 Å². The van der Waals surface area contributed by atoms with Crippen LogP contribution < -0.4 is 9.64 Å². The fourth-order valence-electron chi connectivity index (χ4n) is 7.47. The largest absolute Gasteiger partial charge is 0.497 e. The summed E-state index contributed by atoms with van der Waals surface area (Å²) in [5.41, 5.74) is 1.62. The number of aliphatic hydroxyl groups excluding tert-OH is 1. The monoisotopic (exact) mass is 617 g/mol. The van der Waals surface area contributed by atoms with E-state index in [2.05, 4.69) is 13.2 Å². The predicted molar refractivity (Wildman–Crippen MR) is 175 cm³/mol. The number of carbonyl (C=O) groups excluding carboxylic acids is 3. The zero-order valence-electron chi connectivity index (χ0n) is 25.6. The van der Waals surface area contributed by atoms with Crippen LogP contribution in [0.4, 0.5) is 5.69 Å². The lowest BCUT2D eigenvalue weighted by Gasteiger charge is -2.39. The molecule has 44 heavy (non-hydrogen) atoms. The highest BCUT2D eigenvalue weighted by atomic mass is 32.2. The van der Waals surface area contributed by atoms with Gasteiger partial charge in [0, 0.05) is 30.6 Å². The number of fused-ring (bicyclic) bond motifs is 1. The number of rotatable bonds is 14. The summed E-state index contributed by atoms with van der Waals surface area (Å²) < 4.78 is 4.56. The van der Waals surface area contributed by atoms with Crippen molar-refractivity contribution in [1.29, 1.82) is 0 Å². The summed E-state index contributed by atoms with van der Waals surface area (Å²) >= 11 is 1.64. The number of amides is 3. The van der Waals surface area contributed by atoms with Crippen LogP contribution in [0.15, 0.2) is 79.9 Å². The molecule has 1 spiro atoms. The third-order valence-electron chi connectivity index (χ3n) is 9.29. The average molecular weight is 618 g/mol. The maximum Gasteiger partial charge on any atom is 0.251 e. The molecule has 3 heterocycles. The molecule has 3 aliphatic heterocycles. The summed E-state index contributed by atoms with van der Waals surface area (Å²) in [5.74, 6) is -0.994. The lowest BCUT2D eigenvalue weighted by Crippen LogP contribution is -2.58. The second kappa shape index (κ2) is 13.6. The average Bonchev–Trinajstić information content (AvgIpc) is 3.69. The van der Waals surface area contributed by atoms with Crippen molar-refractivity contribution in [3.8, 4) is 5.75 Å². The van der Waals surface area contributed by atoms with Crippen LogP contribution in [0.2, 0.25) is 0 Å². The first-order valence-electron chi connectivity index (χ1n) is 15.5. The zero-order valence-corrected chi connectivity index (χ0v) is 26.5. The third kappa shape index (κ3) is 5.56. The smallest absolute Gasteiger partial charge is 0.251 e. The molecule has 2 unspecified atom stereocenters. The molecule has 2 aromatic carbocycles. The molecule has 0 radical (unpaired) electrons. The van der Waals surface area contributed by atoms with E-state index in [-0.39, 0.29) is 36.1 Å². The minimum Gasteiger partial charge on any atom is -0.497 e. The van der Waals surface area contributed by atoms with Gasteiger partial charge in [-0.05, 0) is 55.5 Å². The number of likely N-dealkylation sites (tertiary alicyclic amines) is 1. The summed E-state index contributed by atoms with van der Waals surface area (Å²) in [4.78, 5) is 48.9. The van der Waals surface area contributed by atoms with Crippen LogP contribution >= 0.6 is 11.8 Å². The van der Waals surface area contributed by atoms with Crippen LogP contribution in [0.1, 0.15) is 31.7 Å². The van der Waals surface area contributed by atoms with E-state index in [0.29, 0.717) is 37.4 Å². The molecule has 6 atom stereocenters. The summed E-state index contributed by atoms with van der Waals surface area (Å²) in [5, 5.41) is 10.7. The molecule has 3 fully saturated rings. The van der Waals surface area contributed by atoms with E-state index in [1.54, 1.807) is 57.9 Å². The van der Waals surface area contributed by atoms with Crippen LogP contribution in [-0.4, -0.2) is 88.1 Å². The van der Waals surface area contributed by atoms with E-state index in [1.807, 2.05) is 49.4 Å².